The van der Waals surface area contributed by atoms with Crippen molar-refractivity contribution in [3.8, 4) is 5.75 Å². The van der Waals surface area contributed by atoms with Gasteiger partial charge in [-0.3, -0.25) is 4.79 Å². The van der Waals surface area contributed by atoms with Gasteiger partial charge in [0.15, 0.2) is 11.6 Å². The summed E-state index contributed by atoms with van der Waals surface area (Å²) in [6.45, 7) is 0.558. The van der Waals surface area contributed by atoms with Crippen LogP contribution in [0.1, 0.15) is 48.9 Å². The second kappa shape index (κ2) is 6.53. The van der Waals surface area contributed by atoms with Crippen molar-refractivity contribution >= 4 is 6.29 Å². The lowest BCUT2D eigenvalue weighted by atomic mass is 9.87. The maximum Gasteiger partial charge on any atom is 0.165 e. The minimum Gasteiger partial charge on any atom is -0.491 e. The number of benzene rings is 1. The Morgan fingerprint density at radius 2 is 2.06 bits per heavy atom. The van der Waals surface area contributed by atoms with Gasteiger partial charge in [0.1, 0.15) is 6.29 Å². The number of halogens is 1. The van der Waals surface area contributed by atoms with E-state index in [1.165, 1.54) is 44.2 Å². The van der Waals surface area contributed by atoms with Crippen LogP contribution in [0.15, 0.2) is 18.2 Å². The predicted octanol–water partition coefficient (Wildman–Crippen LogP) is 3.99. The van der Waals surface area contributed by atoms with Gasteiger partial charge in [-0.05, 0) is 30.5 Å². The monoisotopic (exact) mass is 250 g/mol. The molecular weight excluding hydrogens is 231 g/mol. The van der Waals surface area contributed by atoms with Crippen LogP contribution in [0.3, 0.4) is 0 Å². The van der Waals surface area contributed by atoms with Crippen LogP contribution < -0.4 is 4.74 Å². The Balaban J connectivity index is 1.80. The van der Waals surface area contributed by atoms with Gasteiger partial charge >= 0.3 is 0 Å². The average molecular weight is 250 g/mol. The summed E-state index contributed by atoms with van der Waals surface area (Å²) in [5.74, 6) is 0.524. The van der Waals surface area contributed by atoms with Gasteiger partial charge < -0.3 is 4.74 Å². The molecule has 0 aromatic heterocycles. The van der Waals surface area contributed by atoms with Crippen LogP contribution in [-0.2, 0) is 0 Å². The first-order chi connectivity index (χ1) is 8.79. The molecule has 0 atom stereocenters. The van der Waals surface area contributed by atoms with Crippen LogP contribution in [0.2, 0.25) is 0 Å². The SMILES string of the molecule is O=Cc1ccc(OCCC2CCCCC2)c(F)c1. The fraction of sp³-hybridized carbons (Fsp3) is 0.533. The van der Waals surface area contributed by atoms with E-state index in [-0.39, 0.29) is 5.75 Å². The Morgan fingerprint density at radius 1 is 1.28 bits per heavy atom. The molecule has 1 aliphatic carbocycles. The van der Waals surface area contributed by atoms with Crippen LogP contribution in [0.25, 0.3) is 0 Å². The number of carbonyl (C=O) groups excluding carboxylic acids is 1. The Morgan fingerprint density at radius 3 is 2.72 bits per heavy atom. The third kappa shape index (κ3) is 3.56. The van der Waals surface area contributed by atoms with Crippen LogP contribution in [0.4, 0.5) is 4.39 Å². The Labute approximate surface area is 107 Å². The van der Waals surface area contributed by atoms with E-state index in [4.69, 9.17) is 4.74 Å². The van der Waals surface area contributed by atoms with E-state index in [1.54, 1.807) is 6.07 Å². The van der Waals surface area contributed by atoms with Gasteiger partial charge in [0, 0.05) is 5.56 Å². The summed E-state index contributed by atoms with van der Waals surface area (Å²) in [4.78, 5) is 10.5. The normalized spacial score (nSPS) is 16.5. The number of hydrogen-bond donors (Lipinski definition) is 0. The average Bonchev–Trinajstić information content (AvgIpc) is 2.42. The quantitative estimate of drug-likeness (QED) is 0.739. The topological polar surface area (TPSA) is 26.3 Å². The van der Waals surface area contributed by atoms with Crippen molar-refractivity contribution < 1.29 is 13.9 Å². The van der Waals surface area contributed by atoms with E-state index in [0.29, 0.717) is 18.5 Å². The number of rotatable bonds is 5. The highest BCUT2D eigenvalue weighted by molar-refractivity contribution is 5.74. The molecule has 0 spiro atoms. The lowest BCUT2D eigenvalue weighted by Crippen LogP contribution is -2.11. The van der Waals surface area contributed by atoms with Crippen LogP contribution >= 0.6 is 0 Å². The second-order valence-corrected chi connectivity index (χ2v) is 4.95. The lowest BCUT2D eigenvalue weighted by Gasteiger charge is -2.21. The zero-order chi connectivity index (χ0) is 12.8. The Kier molecular flexibility index (Phi) is 4.73. The first-order valence-corrected chi connectivity index (χ1v) is 6.67. The molecule has 0 N–H and O–H groups in total. The summed E-state index contributed by atoms with van der Waals surface area (Å²) in [6.07, 6.45) is 8.15. The minimum atomic E-state index is -0.455. The van der Waals surface area contributed by atoms with Crippen molar-refractivity contribution in [2.45, 2.75) is 38.5 Å². The molecule has 0 heterocycles. The van der Waals surface area contributed by atoms with Gasteiger partial charge in [0.25, 0.3) is 0 Å². The number of hydrogen-bond acceptors (Lipinski definition) is 2. The third-order valence-corrected chi connectivity index (χ3v) is 3.60. The number of carbonyl (C=O) groups is 1. The van der Waals surface area contributed by atoms with E-state index in [9.17, 15) is 9.18 Å². The molecule has 1 fully saturated rings. The summed E-state index contributed by atoms with van der Waals surface area (Å²) in [5, 5.41) is 0. The van der Waals surface area contributed by atoms with Crippen molar-refractivity contribution in [1.29, 1.82) is 0 Å². The van der Waals surface area contributed by atoms with E-state index >= 15 is 0 Å². The van der Waals surface area contributed by atoms with Gasteiger partial charge in [-0.15, -0.1) is 0 Å². The first kappa shape index (κ1) is 13.1. The highest BCUT2D eigenvalue weighted by Gasteiger charge is 2.13. The van der Waals surface area contributed by atoms with E-state index < -0.39 is 5.82 Å². The third-order valence-electron chi connectivity index (χ3n) is 3.60. The Hall–Kier alpha value is -1.38. The molecule has 0 aliphatic heterocycles. The molecular formula is C15H19FO2. The number of ether oxygens (including phenoxy) is 1. The van der Waals surface area contributed by atoms with Crippen molar-refractivity contribution in [2.24, 2.45) is 5.92 Å². The fourth-order valence-electron chi connectivity index (χ4n) is 2.52. The molecule has 0 saturated heterocycles. The van der Waals surface area contributed by atoms with Crippen molar-refractivity contribution in [1.82, 2.24) is 0 Å². The molecule has 3 heteroatoms. The van der Waals surface area contributed by atoms with E-state index in [0.717, 1.165) is 12.3 Å². The maximum atomic E-state index is 13.5. The van der Waals surface area contributed by atoms with Gasteiger partial charge in [-0.1, -0.05) is 32.1 Å². The molecule has 18 heavy (non-hydrogen) atoms. The van der Waals surface area contributed by atoms with Gasteiger partial charge in [0.05, 0.1) is 6.61 Å². The van der Waals surface area contributed by atoms with Crippen molar-refractivity contribution in [2.75, 3.05) is 6.61 Å². The van der Waals surface area contributed by atoms with Crippen LogP contribution in [-0.4, -0.2) is 12.9 Å². The van der Waals surface area contributed by atoms with E-state index in [2.05, 4.69) is 0 Å². The lowest BCUT2D eigenvalue weighted by molar-refractivity contribution is 0.112. The summed E-state index contributed by atoms with van der Waals surface area (Å²) < 4.78 is 19.0. The van der Waals surface area contributed by atoms with Gasteiger partial charge in [-0.2, -0.15) is 0 Å². The molecule has 2 rings (SSSR count). The molecule has 1 aliphatic rings. The van der Waals surface area contributed by atoms with E-state index in [1.807, 2.05) is 0 Å². The second-order valence-electron chi connectivity index (χ2n) is 4.95. The molecule has 98 valence electrons. The standard InChI is InChI=1S/C15H19FO2/c16-14-10-13(11-17)6-7-15(14)18-9-8-12-4-2-1-3-5-12/h6-7,10-12H,1-5,8-9H2. The molecule has 1 saturated carbocycles. The summed E-state index contributed by atoms with van der Waals surface area (Å²) in [5.41, 5.74) is 0.340. The van der Waals surface area contributed by atoms with Crippen LogP contribution in [0, 0.1) is 11.7 Å². The Bertz CT molecular complexity index is 397. The predicted molar refractivity (Wildman–Crippen MR) is 68.5 cm³/mol. The molecule has 2 nitrogen and oxygen atoms in total. The molecule has 0 unspecified atom stereocenters. The fourth-order valence-corrected chi connectivity index (χ4v) is 2.52. The largest absolute Gasteiger partial charge is 0.491 e. The summed E-state index contributed by atoms with van der Waals surface area (Å²) in [7, 11) is 0. The highest BCUT2D eigenvalue weighted by atomic mass is 19.1. The molecule has 1 aromatic rings. The highest BCUT2D eigenvalue weighted by Crippen LogP contribution is 2.26. The molecule has 0 amide bonds. The smallest absolute Gasteiger partial charge is 0.165 e. The van der Waals surface area contributed by atoms with Gasteiger partial charge in [0.2, 0.25) is 0 Å². The van der Waals surface area contributed by atoms with Crippen molar-refractivity contribution in [3.63, 3.8) is 0 Å². The maximum absolute atomic E-state index is 13.5. The molecule has 1 aromatic carbocycles. The minimum absolute atomic E-state index is 0.247. The molecule has 0 bridgehead atoms. The van der Waals surface area contributed by atoms with Crippen molar-refractivity contribution in [3.05, 3.63) is 29.6 Å². The first-order valence-electron chi connectivity index (χ1n) is 6.67. The van der Waals surface area contributed by atoms with Gasteiger partial charge in [-0.25, -0.2) is 4.39 Å². The van der Waals surface area contributed by atoms with Crippen LogP contribution in [0.5, 0.6) is 5.75 Å². The summed E-state index contributed by atoms with van der Waals surface area (Å²) >= 11 is 0. The molecule has 0 radical (unpaired) electrons. The number of aldehydes is 1. The summed E-state index contributed by atoms with van der Waals surface area (Å²) in [6, 6.07) is 4.31. The zero-order valence-electron chi connectivity index (χ0n) is 10.5. The zero-order valence-corrected chi connectivity index (χ0v) is 10.5.